The monoisotopic (exact) mass is 304 g/mol. The lowest BCUT2D eigenvalue weighted by atomic mass is 9.95. The molecule has 2 aromatic carbocycles. The minimum Gasteiger partial charge on any atom is -0.258 e. The highest BCUT2D eigenvalue weighted by atomic mass is 16.6. The van der Waals surface area contributed by atoms with E-state index in [0.717, 1.165) is 22.4 Å². The molecule has 1 aromatic heterocycles. The predicted octanol–water partition coefficient (Wildman–Crippen LogP) is 4.94. The molecule has 0 aliphatic heterocycles. The minimum absolute atomic E-state index is 0.0606. The number of rotatable bonds is 3. The number of nitrogens with zero attached hydrogens (tertiary/aromatic N) is 2. The van der Waals surface area contributed by atoms with Crippen LogP contribution in [0.4, 0.5) is 5.69 Å². The highest BCUT2D eigenvalue weighted by Gasteiger charge is 2.26. The Bertz CT molecular complexity index is 860. The van der Waals surface area contributed by atoms with Gasteiger partial charge in [-0.2, -0.15) is 0 Å². The SMILES string of the molecule is Cc1nc(-c2ccccc2)c([N+](=O)[O-])c(-c2ccccc2)c1C. The van der Waals surface area contributed by atoms with Gasteiger partial charge in [-0.15, -0.1) is 0 Å². The van der Waals surface area contributed by atoms with Gasteiger partial charge in [0.05, 0.1) is 10.5 Å². The van der Waals surface area contributed by atoms with Crippen LogP contribution in [0.5, 0.6) is 0 Å². The minimum atomic E-state index is -0.329. The first-order valence-electron chi connectivity index (χ1n) is 7.36. The standard InChI is InChI=1S/C19H16N2O2/c1-13-14(2)20-18(16-11-7-4-8-12-16)19(21(22)23)17(13)15-9-5-3-6-10-15/h3-12H,1-2H3. The van der Waals surface area contributed by atoms with Crippen LogP contribution in [0, 0.1) is 24.0 Å². The largest absolute Gasteiger partial charge is 0.303 e. The van der Waals surface area contributed by atoms with Crippen molar-refractivity contribution in [2.75, 3.05) is 0 Å². The topological polar surface area (TPSA) is 56.0 Å². The molecule has 3 aromatic rings. The number of pyridine rings is 1. The number of hydrogen-bond donors (Lipinski definition) is 0. The van der Waals surface area contributed by atoms with Gasteiger partial charge in [0.15, 0.2) is 0 Å². The van der Waals surface area contributed by atoms with Crippen molar-refractivity contribution in [3.8, 4) is 22.4 Å². The summed E-state index contributed by atoms with van der Waals surface area (Å²) in [5, 5.41) is 11.8. The summed E-state index contributed by atoms with van der Waals surface area (Å²) in [7, 11) is 0. The van der Waals surface area contributed by atoms with Crippen molar-refractivity contribution < 1.29 is 4.92 Å². The van der Waals surface area contributed by atoms with E-state index in [-0.39, 0.29) is 10.6 Å². The fourth-order valence-electron chi connectivity index (χ4n) is 2.71. The number of hydrogen-bond acceptors (Lipinski definition) is 3. The molecule has 0 unspecified atom stereocenters. The molecule has 0 atom stereocenters. The summed E-state index contributed by atoms with van der Waals surface area (Å²) < 4.78 is 0. The Kier molecular flexibility index (Phi) is 3.89. The summed E-state index contributed by atoms with van der Waals surface area (Å²) in [6, 6.07) is 18.7. The van der Waals surface area contributed by atoms with Gasteiger partial charge in [0.1, 0.15) is 5.69 Å². The van der Waals surface area contributed by atoms with Gasteiger partial charge in [-0.25, -0.2) is 4.98 Å². The molecule has 0 saturated carbocycles. The quantitative estimate of drug-likeness (QED) is 0.508. The van der Waals surface area contributed by atoms with Crippen LogP contribution in [-0.4, -0.2) is 9.91 Å². The average Bonchev–Trinajstić information content (AvgIpc) is 2.58. The van der Waals surface area contributed by atoms with E-state index in [4.69, 9.17) is 0 Å². The van der Waals surface area contributed by atoms with Gasteiger partial charge in [0, 0.05) is 11.3 Å². The van der Waals surface area contributed by atoms with Gasteiger partial charge in [-0.05, 0) is 25.0 Å². The molecule has 0 N–H and O–H groups in total. The Labute approximate surface area is 134 Å². The number of aromatic nitrogens is 1. The number of nitro groups is 1. The summed E-state index contributed by atoms with van der Waals surface area (Å²) in [5.41, 5.74) is 4.33. The molecule has 3 rings (SSSR count). The van der Waals surface area contributed by atoms with Crippen LogP contribution in [0.15, 0.2) is 60.7 Å². The van der Waals surface area contributed by atoms with Crippen molar-refractivity contribution >= 4 is 5.69 Å². The highest BCUT2D eigenvalue weighted by molar-refractivity contribution is 5.86. The molecular formula is C19H16N2O2. The molecule has 0 aliphatic rings. The van der Waals surface area contributed by atoms with E-state index in [1.54, 1.807) is 0 Å². The molecule has 4 nitrogen and oxygen atoms in total. The van der Waals surface area contributed by atoms with Crippen molar-refractivity contribution in [2.45, 2.75) is 13.8 Å². The van der Waals surface area contributed by atoms with E-state index in [9.17, 15) is 10.1 Å². The average molecular weight is 304 g/mol. The Morgan fingerprint density at radius 1 is 0.870 bits per heavy atom. The van der Waals surface area contributed by atoms with Gasteiger partial charge in [0.25, 0.3) is 0 Å². The molecule has 0 aliphatic carbocycles. The van der Waals surface area contributed by atoms with Crippen molar-refractivity contribution in [1.29, 1.82) is 0 Å². The van der Waals surface area contributed by atoms with Crippen LogP contribution < -0.4 is 0 Å². The van der Waals surface area contributed by atoms with Crippen molar-refractivity contribution in [1.82, 2.24) is 4.98 Å². The summed E-state index contributed by atoms with van der Waals surface area (Å²) >= 11 is 0. The third kappa shape index (κ3) is 2.71. The first-order valence-corrected chi connectivity index (χ1v) is 7.36. The normalized spacial score (nSPS) is 10.5. The van der Waals surface area contributed by atoms with Gasteiger partial charge in [-0.3, -0.25) is 10.1 Å². The first-order chi connectivity index (χ1) is 11.1. The molecule has 0 saturated heterocycles. The zero-order valence-electron chi connectivity index (χ0n) is 13.0. The highest BCUT2D eigenvalue weighted by Crippen LogP contribution is 2.40. The summed E-state index contributed by atoms with van der Waals surface area (Å²) in [6.45, 7) is 3.77. The van der Waals surface area contributed by atoms with Crippen molar-refractivity contribution in [3.05, 3.63) is 82.0 Å². The Hall–Kier alpha value is -3.01. The molecule has 23 heavy (non-hydrogen) atoms. The number of benzene rings is 2. The van der Waals surface area contributed by atoms with Crippen LogP contribution in [0.2, 0.25) is 0 Å². The zero-order chi connectivity index (χ0) is 16.4. The van der Waals surface area contributed by atoms with Crippen LogP contribution in [0.25, 0.3) is 22.4 Å². The third-order valence-corrected chi connectivity index (χ3v) is 3.95. The van der Waals surface area contributed by atoms with E-state index in [0.29, 0.717) is 11.3 Å². The predicted molar refractivity (Wildman–Crippen MR) is 91.2 cm³/mol. The van der Waals surface area contributed by atoms with E-state index < -0.39 is 0 Å². The fourth-order valence-corrected chi connectivity index (χ4v) is 2.71. The van der Waals surface area contributed by atoms with Crippen molar-refractivity contribution in [2.24, 2.45) is 0 Å². The zero-order valence-corrected chi connectivity index (χ0v) is 13.0. The maximum Gasteiger partial charge on any atom is 0.303 e. The van der Waals surface area contributed by atoms with Crippen LogP contribution in [0.3, 0.4) is 0 Å². The summed E-state index contributed by atoms with van der Waals surface area (Å²) in [5.74, 6) is 0. The molecule has 1 heterocycles. The molecule has 4 heteroatoms. The van der Waals surface area contributed by atoms with Crippen molar-refractivity contribution in [3.63, 3.8) is 0 Å². The second-order valence-electron chi connectivity index (χ2n) is 5.38. The summed E-state index contributed by atoms with van der Waals surface area (Å²) in [6.07, 6.45) is 0. The summed E-state index contributed by atoms with van der Waals surface area (Å²) in [4.78, 5) is 16.0. The Morgan fingerprint density at radius 3 is 1.91 bits per heavy atom. The lowest BCUT2D eigenvalue weighted by Gasteiger charge is -2.13. The molecule has 0 radical (unpaired) electrons. The van der Waals surface area contributed by atoms with E-state index >= 15 is 0 Å². The number of aryl methyl sites for hydroxylation is 1. The Balaban J connectivity index is 2.39. The first kappa shape index (κ1) is 14.9. The van der Waals surface area contributed by atoms with Crippen LogP contribution >= 0.6 is 0 Å². The van der Waals surface area contributed by atoms with Gasteiger partial charge in [0.2, 0.25) is 0 Å². The molecule has 0 bridgehead atoms. The van der Waals surface area contributed by atoms with Gasteiger partial charge >= 0.3 is 5.69 Å². The fraction of sp³-hybridized carbons (Fsp3) is 0.105. The lowest BCUT2D eigenvalue weighted by molar-refractivity contribution is -0.383. The van der Waals surface area contributed by atoms with Gasteiger partial charge < -0.3 is 0 Å². The van der Waals surface area contributed by atoms with E-state index in [1.807, 2.05) is 74.5 Å². The van der Waals surface area contributed by atoms with E-state index in [2.05, 4.69) is 4.98 Å². The van der Waals surface area contributed by atoms with Crippen LogP contribution in [-0.2, 0) is 0 Å². The molecule has 0 fully saturated rings. The lowest BCUT2D eigenvalue weighted by Crippen LogP contribution is -2.03. The second-order valence-corrected chi connectivity index (χ2v) is 5.38. The Morgan fingerprint density at radius 2 is 1.39 bits per heavy atom. The maximum atomic E-state index is 11.8. The van der Waals surface area contributed by atoms with E-state index in [1.165, 1.54) is 0 Å². The molecular weight excluding hydrogens is 288 g/mol. The molecule has 0 spiro atoms. The maximum absolute atomic E-state index is 11.8. The smallest absolute Gasteiger partial charge is 0.258 e. The van der Waals surface area contributed by atoms with Gasteiger partial charge in [-0.1, -0.05) is 60.7 Å². The molecule has 0 amide bonds. The molecule has 114 valence electrons. The third-order valence-electron chi connectivity index (χ3n) is 3.95. The second kappa shape index (κ2) is 6.01. The van der Waals surface area contributed by atoms with Crippen LogP contribution in [0.1, 0.15) is 11.3 Å².